The van der Waals surface area contributed by atoms with Gasteiger partial charge >= 0.3 is 0 Å². The lowest BCUT2D eigenvalue weighted by Gasteiger charge is -2.14. The second kappa shape index (κ2) is 8.88. The van der Waals surface area contributed by atoms with Crippen LogP contribution in [0.5, 0.6) is 5.75 Å². The van der Waals surface area contributed by atoms with Gasteiger partial charge in [-0.25, -0.2) is 0 Å². The van der Waals surface area contributed by atoms with Gasteiger partial charge in [-0.15, -0.1) is 0 Å². The molecule has 31 heavy (non-hydrogen) atoms. The van der Waals surface area contributed by atoms with Crippen molar-refractivity contribution in [3.05, 3.63) is 111 Å². The Hall–Kier alpha value is -3.86. The van der Waals surface area contributed by atoms with Gasteiger partial charge in [-0.2, -0.15) is 0 Å². The number of fused-ring (bicyclic) bond motifs is 1. The zero-order valence-corrected chi connectivity index (χ0v) is 17.5. The summed E-state index contributed by atoms with van der Waals surface area (Å²) in [6.07, 6.45) is 0. The lowest BCUT2D eigenvalue weighted by Crippen LogP contribution is -2.24. The van der Waals surface area contributed by atoms with Gasteiger partial charge in [0.05, 0.1) is 5.39 Å². The van der Waals surface area contributed by atoms with Crippen molar-refractivity contribution in [3.8, 4) is 5.75 Å². The SMILES string of the molecule is Cc1oc2c(C(=O)NCc3ccccc3)c(OCc3ccccc3)ccc2c(=O)c1C. The zero-order valence-electron chi connectivity index (χ0n) is 17.5. The van der Waals surface area contributed by atoms with E-state index in [1.807, 2.05) is 60.7 Å². The van der Waals surface area contributed by atoms with Gasteiger partial charge in [-0.1, -0.05) is 60.7 Å². The molecule has 0 radical (unpaired) electrons. The third-order valence-corrected chi connectivity index (χ3v) is 5.25. The molecule has 4 aromatic rings. The van der Waals surface area contributed by atoms with Gasteiger partial charge < -0.3 is 14.5 Å². The molecule has 0 bridgehead atoms. The molecule has 0 fully saturated rings. The molecule has 156 valence electrons. The molecule has 3 aromatic carbocycles. The van der Waals surface area contributed by atoms with Crippen LogP contribution in [-0.4, -0.2) is 5.91 Å². The normalized spacial score (nSPS) is 10.8. The highest BCUT2D eigenvalue weighted by Crippen LogP contribution is 2.29. The molecule has 4 rings (SSSR count). The molecule has 0 aliphatic carbocycles. The molecule has 1 N–H and O–H groups in total. The van der Waals surface area contributed by atoms with Gasteiger partial charge in [-0.3, -0.25) is 9.59 Å². The number of nitrogens with one attached hydrogen (secondary N) is 1. The van der Waals surface area contributed by atoms with E-state index in [2.05, 4.69) is 5.32 Å². The minimum atomic E-state index is -0.357. The second-order valence-corrected chi connectivity index (χ2v) is 7.37. The summed E-state index contributed by atoms with van der Waals surface area (Å²) in [6, 6.07) is 22.6. The highest BCUT2D eigenvalue weighted by molar-refractivity contribution is 6.07. The Labute approximate surface area is 180 Å². The summed E-state index contributed by atoms with van der Waals surface area (Å²) in [5, 5.41) is 3.28. The molecule has 1 heterocycles. The molecule has 5 heteroatoms. The fourth-order valence-corrected chi connectivity index (χ4v) is 3.38. The van der Waals surface area contributed by atoms with Crippen molar-refractivity contribution in [2.75, 3.05) is 0 Å². The number of rotatable bonds is 6. The van der Waals surface area contributed by atoms with Crippen LogP contribution in [0, 0.1) is 13.8 Å². The first-order chi connectivity index (χ1) is 15.0. The van der Waals surface area contributed by atoms with Crippen LogP contribution in [0.25, 0.3) is 11.0 Å². The first-order valence-electron chi connectivity index (χ1n) is 10.1. The van der Waals surface area contributed by atoms with Crippen LogP contribution in [0.15, 0.2) is 82.0 Å². The number of amides is 1. The van der Waals surface area contributed by atoms with Crippen LogP contribution in [0.2, 0.25) is 0 Å². The third-order valence-electron chi connectivity index (χ3n) is 5.25. The maximum Gasteiger partial charge on any atom is 0.259 e. The molecule has 0 saturated heterocycles. The number of hydrogen-bond acceptors (Lipinski definition) is 4. The van der Waals surface area contributed by atoms with E-state index >= 15 is 0 Å². The number of benzene rings is 3. The summed E-state index contributed by atoms with van der Waals surface area (Å²) >= 11 is 0. The van der Waals surface area contributed by atoms with Crippen molar-refractivity contribution in [1.29, 1.82) is 0 Å². The lowest BCUT2D eigenvalue weighted by atomic mass is 10.1. The predicted octanol–water partition coefficient (Wildman–Crippen LogP) is 4.92. The molecule has 1 amide bonds. The quantitative estimate of drug-likeness (QED) is 0.487. The topological polar surface area (TPSA) is 68.5 Å². The fraction of sp³-hybridized carbons (Fsp3) is 0.154. The van der Waals surface area contributed by atoms with E-state index in [1.54, 1.807) is 26.0 Å². The Bertz CT molecular complexity index is 1280. The maximum atomic E-state index is 13.2. The van der Waals surface area contributed by atoms with Crippen LogP contribution >= 0.6 is 0 Å². The largest absolute Gasteiger partial charge is 0.488 e. The standard InChI is InChI=1S/C26H23NO4/c1-17-18(2)31-25-21(24(17)28)13-14-22(30-16-20-11-7-4-8-12-20)23(25)26(29)27-15-19-9-5-3-6-10-19/h3-14H,15-16H2,1-2H3,(H,27,29). The Morgan fingerprint density at radius 2 is 1.55 bits per heavy atom. The Kier molecular flexibility index (Phi) is 5.85. The van der Waals surface area contributed by atoms with Crippen molar-refractivity contribution in [2.45, 2.75) is 27.0 Å². The molecule has 0 aliphatic heterocycles. The molecular formula is C26H23NO4. The summed E-state index contributed by atoms with van der Waals surface area (Å²) in [6.45, 7) is 4.08. The maximum absolute atomic E-state index is 13.2. The van der Waals surface area contributed by atoms with Crippen LogP contribution < -0.4 is 15.5 Å². The van der Waals surface area contributed by atoms with Crippen LogP contribution in [0.4, 0.5) is 0 Å². The molecule has 0 spiro atoms. The Balaban J connectivity index is 1.74. The molecule has 0 unspecified atom stereocenters. The van der Waals surface area contributed by atoms with Gasteiger partial charge in [0.1, 0.15) is 23.7 Å². The monoisotopic (exact) mass is 413 g/mol. The molecule has 0 atom stereocenters. The predicted molar refractivity (Wildman–Crippen MR) is 120 cm³/mol. The number of hydrogen-bond donors (Lipinski definition) is 1. The van der Waals surface area contributed by atoms with Crippen molar-refractivity contribution in [1.82, 2.24) is 5.32 Å². The van der Waals surface area contributed by atoms with E-state index in [-0.39, 0.29) is 22.5 Å². The summed E-state index contributed by atoms with van der Waals surface area (Å²) in [5.41, 5.74) is 2.79. The zero-order chi connectivity index (χ0) is 21.8. The highest BCUT2D eigenvalue weighted by atomic mass is 16.5. The average Bonchev–Trinajstić information content (AvgIpc) is 2.80. The summed E-state index contributed by atoms with van der Waals surface area (Å²) < 4.78 is 11.9. The smallest absolute Gasteiger partial charge is 0.259 e. The van der Waals surface area contributed by atoms with Gasteiger partial charge in [0, 0.05) is 12.1 Å². The van der Waals surface area contributed by atoms with Gasteiger partial charge in [-0.05, 0) is 37.1 Å². The van der Waals surface area contributed by atoms with E-state index in [0.717, 1.165) is 11.1 Å². The molecule has 0 aliphatic rings. The average molecular weight is 413 g/mol. The van der Waals surface area contributed by atoms with Crippen LogP contribution in [0.1, 0.15) is 32.8 Å². The van der Waals surface area contributed by atoms with Gasteiger partial charge in [0.2, 0.25) is 0 Å². The van der Waals surface area contributed by atoms with E-state index in [4.69, 9.17) is 9.15 Å². The minimum absolute atomic E-state index is 0.148. The second-order valence-electron chi connectivity index (χ2n) is 7.37. The molecule has 1 aromatic heterocycles. The van der Waals surface area contributed by atoms with Gasteiger partial charge in [0.25, 0.3) is 5.91 Å². The van der Waals surface area contributed by atoms with Crippen molar-refractivity contribution in [2.24, 2.45) is 0 Å². The Morgan fingerprint density at radius 3 is 2.23 bits per heavy atom. The first-order valence-corrected chi connectivity index (χ1v) is 10.1. The van der Waals surface area contributed by atoms with Crippen LogP contribution in [0.3, 0.4) is 0 Å². The lowest BCUT2D eigenvalue weighted by molar-refractivity contribution is 0.0947. The van der Waals surface area contributed by atoms with Gasteiger partial charge in [0.15, 0.2) is 11.0 Å². The minimum Gasteiger partial charge on any atom is -0.488 e. The van der Waals surface area contributed by atoms with Crippen molar-refractivity contribution in [3.63, 3.8) is 0 Å². The number of carbonyl (C=O) groups excluding carboxylic acids is 1. The van der Waals surface area contributed by atoms with Crippen molar-refractivity contribution >= 4 is 16.9 Å². The van der Waals surface area contributed by atoms with E-state index < -0.39 is 0 Å². The summed E-state index contributed by atoms with van der Waals surface area (Å²) in [7, 11) is 0. The fourth-order valence-electron chi connectivity index (χ4n) is 3.38. The van der Waals surface area contributed by atoms with E-state index in [9.17, 15) is 9.59 Å². The third kappa shape index (κ3) is 4.36. The molecule has 0 saturated carbocycles. The van der Waals surface area contributed by atoms with Crippen LogP contribution in [-0.2, 0) is 13.2 Å². The van der Waals surface area contributed by atoms with E-state index in [1.165, 1.54) is 0 Å². The summed E-state index contributed by atoms with van der Waals surface area (Å²) in [4.78, 5) is 26.0. The number of aryl methyl sites for hydroxylation is 1. The first kappa shape index (κ1) is 20.4. The highest BCUT2D eigenvalue weighted by Gasteiger charge is 2.22. The number of ether oxygens (including phenoxy) is 1. The van der Waals surface area contributed by atoms with E-state index in [0.29, 0.717) is 35.6 Å². The Morgan fingerprint density at radius 1 is 0.903 bits per heavy atom. The molecule has 5 nitrogen and oxygen atoms in total. The number of carbonyl (C=O) groups is 1. The summed E-state index contributed by atoms with van der Waals surface area (Å²) in [5.74, 6) is 0.493. The molecular weight excluding hydrogens is 390 g/mol. The van der Waals surface area contributed by atoms with Crippen molar-refractivity contribution < 1.29 is 13.9 Å².